The van der Waals surface area contributed by atoms with Gasteiger partial charge in [0.25, 0.3) is 11.6 Å². The van der Waals surface area contributed by atoms with Crippen molar-refractivity contribution in [1.82, 2.24) is 0 Å². The highest BCUT2D eigenvalue weighted by Crippen LogP contribution is 2.13. The minimum atomic E-state index is -1.06. The van der Waals surface area contributed by atoms with E-state index in [-0.39, 0.29) is 5.69 Å². The summed E-state index contributed by atoms with van der Waals surface area (Å²) in [5.41, 5.74) is 0.882. The molecular formula is C18H15FN2O5. The lowest BCUT2D eigenvalue weighted by atomic mass is 10.2. The molecule has 7 nitrogen and oxygen atoms in total. The molecule has 1 atom stereocenters. The Morgan fingerprint density at radius 3 is 2.35 bits per heavy atom. The number of nitrogens with one attached hydrogen (secondary N) is 1. The van der Waals surface area contributed by atoms with Crippen LogP contribution in [-0.4, -0.2) is 22.9 Å². The fourth-order valence-corrected chi connectivity index (χ4v) is 1.92. The highest BCUT2D eigenvalue weighted by molar-refractivity contribution is 5.96. The molecule has 26 heavy (non-hydrogen) atoms. The molecule has 0 fully saturated rings. The van der Waals surface area contributed by atoms with Crippen LogP contribution in [0.3, 0.4) is 0 Å². The van der Waals surface area contributed by atoms with Gasteiger partial charge in [0.15, 0.2) is 6.10 Å². The summed E-state index contributed by atoms with van der Waals surface area (Å²) in [5.74, 6) is -1.74. The molecule has 1 amide bonds. The van der Waals surface area contributed by atoms with Gasteiger partial charge in [0.2, 0.25) is 0 Å². The first-order chi connectivity index (χ1) is 12.3. The Balaban J connectivity index is 1.88. The number of non-ortho nitro benzene ring substituents is 1. The molecule has 0 radical (unpaired) electrons. The standard InChI is InChI=1S/C18H15FN2O5/c1-12(18(23)20-15-7-5-14(19)6-8-15)26-17(22)11-4-13-2-9-16(10-3-13)21(24)25/h2-12H,1H3,(H,20,23)/b11-4+/t12-/m0/s1. The summed E-state index contributed by atoms with van der Waals surface area (Å²) in [4.78, 5) is 33.7. The minimum absolute atomic E-state index is 0.0594. The zero-order valence-electron chi connectivity index (χ0n) is 13.7. The van der Waals surface area contributed by atoms with E-state index in [1.807, 2.05) is 0 Å². The Bertz CT molecular complexity index is 832. The second-order valence-corrected chi connectivity index (χ2v) is 5.26. The Morgan fingerprint density at radius 2 is 1.77 bits per heavy atom. The molecule has 0 bridgehead atoms. The third-order valence-electron chi connectivity index (χ3n) is 3.29. The number of carbonyl (C=O) groups is 2. The first-order valence-electron chi connectivity index (χ1n) is 7.55. The van der Waals surface area contributed by atoms with Crippen molar-refractivity contribution in [3.63, 3.8) is 0 Å². The van der Waals surface area contributed by atoms with E-state index < -0.39 is 28.7 Å². The molecule has 0 heterocycles. The smallest absolute Gasteiger partial charge is 0.331 e. The van der Waals surface area contributed by atoms with Gasteiger partial charge in [0.05, 0.1) is 4.92 Å². The second-order valence-electron chi connectivity index (χ2n) is 5.26. The third-order valence-corrected chi connectivity index (χ3v) is 3.29. The summed E-state index contributed by atoms with van der Waals surface area (Å²) in [6.45, 7) is 1.40. The number of carbonyl (C=O) groups excluding carboxylic acids is 2. The molecule has 2 aromatic carbocycles. The van der Waals surface area contributed by atoms with Crippen LogP contribution < -0.4 is 5.32 Å². The third kappa shape index (κ3) is 5.52. The normalized spacial score (nSPS) is 11.8. The molecule has 1 N–H and O–H groups in total. The van der Waals surface area contributed by atoms with Gasteiger partial charge in [-0.2, -0.15) is 0 Å². The van der Waals surface area contributed by atoms with E-state index in [1.54, 1.807) is 0 Å². The van der Waals surface area contributed by atoms with Gasteiger partial charge in [-0.1, -0.05) is 0 Å². The number of hydrogen-bond donors (Lipinski definition) is 1. The van der Waals surface area contributed by atoms with Crippen molar-refractivity contribution in [2.75, 3.05) is 5.32 Å². The number of halogens is 1. The summed E-state index contributed by atoms with van der Waals surface area (Å²) >= 11 is 0. The monoisotopic (exact) mass is 358 g/mol. The topological polar surface area (TPSA) is 98.5 Å². The number of benzene rings is 2. The van der Waals surface area contributed by atoms with Crippen LogP contribution in [0.15, 0.2) is 54.6 Å². The average Bonchev–Trinajstić information content (AvgIpc) is 2.62. The fourth-order valence-electron chi connectivity index (χ4n) is 1.92. The number of nitro benzene ring substituents is 1. The summed E-state index contributed by atoms with van der Waals surface area (Å²) < 4.78 is 17.8. The maximum atomic E-state index is 12.8. The van der Waals surface area contributed by atoms with Crippen molar-refractivity contribution in [1.29, 1.82) is 0 Å². The lowest BCUT2D eigenvalue weighted by Crippen LogP contribution is -2.29. The van der Waals surface area contributed by atoms with Crippen LogP contribution in [0, 0.1) is 15.9 Å². The van der Waals surface area contributed by atoms with Crippen LogP contribution >= 0.6 is 0 Å². The van der Waals surface area contributed by atoms with E-state index >= 15 is 0 Å². The van der Waals surface area contributed by atoms with Crippen molar-refractivity contribution in [3.8, 4) is 0 Å². The van der Waals surface area contributed by atoms with Gasteiger partial charge in [-0.05, 0) is 55.0 Å². The Kier molecular flexibility index (Phi) is 6.15. The summed E-state index contributed by atoms with van der Waals surface area (Å²) in [5, 5.41) is 13.1. The molecule has 0 aliphatic heterocycles. The van der Waals surface area contributed by atoms with Crippen LogP contribution in [0.25, 0.3) is 6.08 Å². The minimum Gasteiger partial charge on any atom is -0.449 e. The molecule has 0 saturated heterocycles. The van der Waals surface area contributed by atoms with E-state index in [9.17, 15) is 24.1 Å². The molecule has 2 rings (SSSR count). The lowest BCUT2D eigenvalue weighted by Gasteiger charge is -2.12. The van der Waals surface area contributed by atoms with E-state index in [0.717, 1.165) is 6.08 Å². The Morgan fingerprint density at radius 1 is 1.15 bits per heavy atom. The molecule has 0 aliphatic carbocycles. The fraction of sp³-hybridized carbons (Fsp3) is 0.111. The van der Waals surface area contributed by atoms with Gasteiger partial charge in [-0.15, -0.1) is 0 Å². The van der Waals surface area contributed by atoms with Gasteiger partial charge < -0.3 is 10.1 Å². The number of hydrogen-bond acceptors (Lipinski definition) is 5. The van der Waals surface area contributed by atoms with Crippen molar-refractivity contribution >= 4 is 29.3 Å². The first kappa shape index (κ1) is 18.8. The number of nitrogens with zero attached hydrogens (tertiary/aromatic N) is 1. The molecule has 0 saturated carbocycles. The quantitative estimate of drug-likeness (QED) is 0.370. The molecular weight excluding hydrogens is 343 g/mol. The molecule has 0 aliphatic rings. The summed E-state index contributed by atoms with van der Waals surface area (Å²) in [7, 11) is 0. The largest absolute Gasteiger partial charge is 0.449 e. The summed E-state index contributed by atoms with van der Waals surface area (Å²) in [6.07, 6.45) is 1.47. The van der Waals surface area contributed by atoms with Crippen LogP contribution in [0.4, 0.5) is 15.8 Å². The Labute approximate surface area is 148 Å². The van der Waals surface area contributed by atoms with E-state index in [0.29, 0.717) is 11.3 Å². The van der Waals surface area contributed by atoms with Gasteiger partial charge in [0.1, 0.15) is 5.82 Å². The Hall–Kier alpha value is -3.55. The van der Waals surface area contributed by atoms with Crippen LogP contribution in [0.1, 0.15) is 12.5 Å². The second kappa shape index (κ2) is 8.52. The van der Waals surface area contributed by atoms with Crippen LogP contribution in [-0.2, 0) is 14.3 Å². The van der Waals surface area contributed by atoms with Gasteiger partial charge in [0, 0.05) is 23.9 Å². The number of esters is 1. The van der Waals surface area contributed by atoms with Crippen molar-refractivity contribution in [2.45, 2.75) is 13.0 Å². The molecule has 0 aromatic heterocycles. The van der Waals surface area contributed by atoms with Crippen molar-refractivity contribution < 1.29 is 23.6 Å². The molecule has 8 heteroatoms. The van der Waals surface area contributed by atoms with Crippen molar-refractivity contribution in [3.05, 3.63) is 76.1 Å². The lowest BCUT2D eigenvalue weighted by molar-refractivity contribution is -0.384. The van der Waals surface area contributed by atoms with Crippen LogP contribution in [0.5, 0.6) is 0 Å². The highest BCUT2D eigenvalue weighted by atomic mass is 19.1. The maximum absolute atomic E-state index is 12.8. The average molecular weight is 358 g/mol. The zero-order chi connectivity index (χ0) is 19.1. The summed E-state index contributed by atoms with van der Waals surface area (Å²) in [6, 6.07) is 10.7. The predicted octanol–water partition coefficient (Wildman–Crippen LogP) is 3.32. The number of nitro groups is 1. The molecule has 0 unspecified atom stereocenters. The molecule has 0 spiro atoms. The maximum Gasteiger partial charge on any atom is 0.331 e. The van der Waals surface area contributed by atoms with Gasteiger partial charge in [-0.3, -0.25) is 14.9 Å². The highest BCUT2D eigenvalue weighted by Gasteiger charge is 2.16. The van der Waals surface area contributed by atoms with Gasteiger partial charge >= 0.3 is 5.97 Å². The predicted molar refractivity (Wildman–Crippen MR) is 92.7 cm³/mol. The van der Waals surface area contributed by atoms with E-state index in [1.165, 1.54) is 61.5 Å². The van der Waals surface area contributed by atoms with E-state index in [2.05, 4.69) is 5.32 Å². The first-order valence-corrected chi connectivity index (χ1v) is 7.55. The van der Waals surface area contributed by atoms with E-state index in [4.69, 9.17) is 4.74 Å². The number of anilines is 1. The molecule has 2 aromatic rings. The SMILES string of the molecule is C[C@H](OC(=O)/C=C/c1ccc([N+](=O)[O-])cc1)C(=O)Nc1ccc(F)cc1. The number of ether oxygens (including phenoxy) is 1. The molecule has 134 valence electrons. The number of rotatable bonds is 6. The van der Waals surface area contributed by atoms with Gasteiger partial charge in [-0.25, -0.2) is 9.18 Å². The zero-order valence-corrected chi connectivity index (χ0v) is 13.7. The van der Waals surface area contributed by atoms with Crippen molar-refractivity contribution in [2.24, 2.45) is 0 Å². The van der Waals surface area contributed by atoms with Crippen LogP contribution in [0.2, 0.25) is 0 Å². The number of amides is 1.